The number of guanidine groups is 1. The summed E-state index contributed by atoms with van der Waals surface area (Å²) in [7, 11) is 0. The standard InChI is InChI=1S/C17H33N3OS.HI/c1-2-18-16(20-13-17(21)10-12-22-14-17)19-11-6-9-15-7-4-3-5-8-15;/h15,21H,2-14H2,1H3,(H2,18,19,20);1H. The van der Waals surface area contributed by atoms with Crippen molar-refractivity contribution < 1.29 is 5.11 Å². The fraction of sp³-hybridized carbons (Fsp3) is 0.941. The second-order valence-electron chi connectivity index (χ2n) is 6.80. The molecule has 1 unspecified atom stereocenters. The summed E-state index contributed by atoms with van der Waals surface area (Å²) in [6, 6.07) is 0. The quantitative estimate of drug-likeness (QED) is 0.239. The summed E-state index contributed by atoms with van der Waals surface area (Å²) in [6.07, 6.45) is 10.6. The minimum Gasteiger partial charge on any atom is -0.387 e. The summed E-state index contributed by atoms with van der Waals surface area (Å²) in [4.78, 5) is 4.58. The molecule has 1 saturated heterocycles. The predicted molar refractivity (Wildman–Crippen MR) is 112 cm³/mol. The van der Waals surface area contributed by atoms with Crippen LogP contribution < -0.4 is 10.6 Å². The molecule has 2 rings (SSSR count). The van der Waals surface area contributed by atoms with E-state index in [4.69, 9.17) is 0 Å². The summed E-state index contributed by atoms with van der Waals surface area (Å²) < 4.78 is 0. The SMILES string of the molecule is CCNC(=NCC1(O)CCSC1)NCCCC1CCCCC1.I. The van der Waals surface area contributed by atoms with E-state index in [1.165, 1.54) is 44.9 Å². The Bertz CT molecular complexity index is 343. The third-order valence-corrected chi connectivity index (χ3v) is 6.00. The first-order valence-corrected chi connectivity index (χ1v) is 10.2. The van der Waals surface area contributed by atoms with Crippen LogP contribution in [0, 0.1) is 5.92 Å². The van der Waals surface area contributed by atoms with E-state index < -0.39 is 5.60 Å². The van der Waals surface area contributed by atoms with Gasteiger partial charge in [-0.25, -0.2) is 0 Å². The van der Waals surface area contributed by atoms with Gasteiger partial charge in [-0.1, -0.05) is 32.1 Å². The molecule has 1 heterocycles. The van der Waals surface area contributed by atoms with Crippen LogP contribution in [0.25, 0.3) is 0 Å². The second-order valence-corrected chi connectivity index (χ2v) is 7.90. The van der Waals surface area contributed by atoms with Crippen LogP contribution in [0.4, 0.5) is 0 Å². The van der Waals surface area contributed by atoms with E-state index in [2.05, 4.69) is 22.5 Å². The predicted octanol–water partition coefficient (Wildman–Crippen LogP) is 3.39. The molecule has 2 aliphatic rings. The Morgan fingerprint density at radius 3 is 2.70 bits per heavy atom. The van der Waals surface area contributed by atoms with E-state index in [0.29, 0.717) is 6.54 Å². The summed E-state index contributed by atoms with van der Waals surface area (Å²) in [5.41, 5.74) is -0.588. The van der Waals surface area contributed by atoms with Crippen LogP contribution in [-0.2, 0) is 0 Å². The maximum Gasteiger partial charge on any atom is 0.191 e. The van der Waals surface area contributed by atoms with E-state index >= 15 is 0 Å². The lowest BCUT2D eigenvalue weighted by Crippen LogP contribution is -2.40. The first-order valence-electron chi connectivity index (χ1n) is 9.04. The Morgan fingerprint density at radius 2 is 2.04 bits per heavy atom. The fourth-order valence-electron chi connectivity index (χ4n) is 3.36. The minimum atomic E-state index is -0.588. The summed E-state index contributed by atoms with van der Waals surface area (Å²) in [5, 5.41) is 17.1. The number of nitrogens with zero attached hydrogens (tertiary/aromatic N) is 1. The number of halogens is 1. The number of rotatable bonds is 7. The molecule has 3 N–H and O–H groups in total. The van der Waals surface area contributed by atoms with Gasteiger partial charge in [0.15, 0.2) is 5.96 Å². The zero-order chi connectivity index (χ0) is 15.7. The molecule has 0 aromatic carbocycles. The lowest BCUT2D eigenvalue weighted by atomic mass is 9.86. The van der Waals surface area contributed by atoms with Gasteiger partial charge in [0.2, 0.25) is 0 Å². The smallest absolute Gasteiger partial charge is 0.191 e. The molecule has 136 valence electrons. The Balaban J connectivity index is 0.00000264. The summed E-state index contributed by atoms with van der Waals surface area (Å²) in [6.45, 7) is 4.44. The Kier molecular flexibility index (Phi) is 10.9. The number of hydrogen-bond acceptors (Lipinski definition) is 3. The van der Waals surface area contributed by atoms with E-state index in [0.717, 1.165) is 42.9 Å². The van der Waals surface area contributed by atoms with Crippen LogP contribution in [0.5, 0.6) is 0 Å². The number of nitrogens with one attached hydrogen (secondary N) is 2. The minimum absolute atomic E-state index is 0. The molecule has 4 nitrogen and oxygen atoms in total. The molecule has 0 amide bonds. The van der Waals surface area contributed by atoms with Gasteiger partial charge < -0.3 is 15.7 Å². The molecule has 1 atom stereocenters. The molecule has 6 heteroatoms. The number of thioether (sulfide) groups is 1. The van der Waals surface area contributed by atoms with E-state index in [-0.39, 0.29) is 24.0 Å². The third kappa shape index (κ3) is 8.29. The van der Waals surface area contributed by atoms with Crippen LogP contribution >= 0.6 is 35.7 Å². The summed E-state index contributed by atoms with van der Waals surface area (Å²) >= 11 is 1.82. The first kappa shape index (κ1) is 21.4. The highest BCUT2D eigenvalue weighted by Gasteiger charge is 2.31. The van der Waals surface area contributed by atoms with Gasteiger partial charge in [0, 0.05) is 18.8 Å². The molecular weight excluding hydrogens is 421 g/mol. The average Bonchev–Trinajstić information content (AvgIpc) is 2.97. The molecule has 0 aromatic heterocycles. The van der Waals surface area contributed by atoms with Crippen LogP contribution in [0.2, 0.25) is 0 Å². The van der Waals surface area contributed by atoms with Gasteiger partial charge in [0.25, 0.3) is 0 Å². The molecule has 1 aliphatic heterocycles. The zero-order valence-corrected chi connectivity index (χ0v) is 17.6. The van der Waals surface area contributed by atoms with Gasteiger partial charge in [0.05, 0.1) is 12.1 Å². The van der Waals surface area contributed by atoms with Crippen molar-refractivity contribution in [3.8, 4) is 0 Å². The second kappa shape index (κ2) is 11.8. The zero-order valence-electron chi connectivity index (χ0n) is 14.5. The van der Waals surface area contributed by atoms with Crippen molar-refractivity contribution in [3.05, 3.63) is 0 Å². The topological polar surface area (TPSA) is 56.7 Å². The maximum absolute atomic E-state index is 10.4. The molecule has 0 spiro atoms. The van der Waals surface area contributed by atoms with Crippen LogP contribution in [0.15, 0.2) is 4.99 Å². The fourth-order valence-corrected chi connectivity index (χ4v) is 4.65. The first-order chi connectivity index (χ1) is 10.7. The highest BCUT2D eigenvalue weighted by molar-refractivity contribution is 14.0. The van der Waals surface area contributed by atoms with E-state index in [1.54, 1.807) is 0 Å². The molecule has 0 radical (unpaired) electrons. The molecular formula is C17H34IN3OS. The van der Waals surface area contributed by atoms with Crippen LogP contribution in [-0.4, -0.2) is 47.8 Å². The van der Waals surface area contributed by atoms with Crippen molar-refractivity contribution in [2.45, 2.75) is 63.9 Å². The maximum atomic E-state index is 10.4. The average molecular weight is 455 g/mol. The number of hydrogen-bond donors (Lipinski definition) is 3. The Labute approximate surface area is 163 Å². The van der Waals surface area contributed by atoms with Crippen molar-refractivity contribution in [1.82, 2.24) is 10.6 Å². The van der Waals surface area contributed by atoms with Gasteiger partial charge in [-0.05, 0) is 37.9 Å². The molecule has 23 heavy (non-hydrogen) atoms. The summed E-state index contributed by atoms with van der Waals surface area (Å²) in [5.74, 6) is 3.68. The molecule has 1 saturated carbocycles. The van der Waals surface area contributed by atoms with Gasteiger partial charge in [-0.2, -0.15) is 11.8 Å². The third-order valence-electron chi connectivity index (χ3n) is 4.76. The highest BCUT2D eigenvalue weighted by atomic mass is 127. The monoisotopic (exact) mass is 455 g/mol. The van der Waals surface area contributed by atoms with Crippen molar-refractivity contribution in [2.24, 2.45) is 10.9 Å². The molecule has 2 fully saturated rings. The van der Waals surface area contributed by atoms with E-state index in [1.807, 2.05) is 11.8 Å². The van der Waals surface area contributed by atoms with Crippen molar-refractivity contribution in [1.29, 1.82) is 0 Å². The lowest BCUT2D eigenvalue weighted by molar-refractivity contribution is 0.0778. The molecule has 0 bridgehead atoms. The lowest BCUT2D eigenvalue weighted by Gasteiger charge is -2.22. The van der Waals surface area contributed by atoms with E-state index in [9.17, 15) is 5.11 Å². The number of aliphatic hydroxyl groups is 1. The Hall–Kier alpha value is 0.310. The van der Waals surface area contributed by atoms with Crippen LogP contribution in [0.3, 0.4) is 0 Å². The van der Waals surface area contributed by atoms with Gasteiger partial charge in [-0.15, -0.1) is 24.0 Å². The molecule has 1 aliphatic carbocycles. The Morgan fingerprint density at radius 1 is 1.26 bits per heavy atom. The normalized spacial score (nSPS) is 25.9. The van der Waals surface area contributed by atoms with Crippen molar-refractivity contribution in [2.75, 3.05) is 31.1 Å². The number of aliphatic imine (C=N–C) groups is 1. The van der Waals surface area contributed by atoms with Gasteiger partial charge in [0.1, 0.15) is 0 Å². The largest absolute Gasteiger partial charge is 0.387 e. The van der Waals surface area contributed by atoms with Gasteiger partial charge >= 0.3 is 0 Å². The molecule has 0 aromatic rings. The highest BCUT2D eigenvalue weighted by Crippen LogP contribution is 2.28. The van der Waals surface area contributed by atoms with Crippen LogP contribution in [0.1, 0.15) is 58.3 Å². The van der Waals surface area contributed by atoms with Gasteiger partial charge in [-0.3, -0.25) is 4.99 Å². The van der Waals surface area contributed by atoms with Crippen molar-refractivity contribution in [3.63, 3.8) is 0 Å². The van der Waals surface area contributed by atoms with Crippen molar-refractivity contribution >= 4 is 41.7 Å².